The highest BCUT2D eigenvalue weighted by Gasteiger charge is 2.12. The van der Waals surface area contributed by atoms with Gasteiger partial charge in [0.1, 0.15) is 6.20 Å². The monoisotopic (exact) mass is 295 g/mol. The van der Waals surface area contributed by atoms with E-state index in [1.807, 2.05) is 42.1 Å². The Morgan fingerprint density at radius 1 is 1.45 bits per heavy atom. The fraction of sp³-hybridized carbons (Fsp3) is 0.176. The first kappa shape index (κ1) is 15.6. The zero-order valence-electron chi connectivity index (χ0n) is 12.7. The minimum absolute atomic E-state index is 0.493. The predicted molar refractivity (Wildman–Crippen MR) is 86.3 cm³/mol. The minimum atomic E-state index is 0.493. The molecule has 0 radical (unpaired) electrons. The third-order valence-corrected chi connectivity index (χ3v) is 3.12. The van der Waals surface area contributed by atoms with Crippen molar-refractivity contribution >= 4 is 17.8 Å². The average molecular weight is 295 g/mol. The van der Waals surface area contributed by atoms with Crippen molar-refractivity contribution in [1.82, 2.24) is 9.97 Å². The van der Waals surface area contributed by atoms with Gasteiger partial charge in [-0.05, 0) is 31.1 Å². The number of amides is 1. The fourth-order valence-corrected chi connectivity index (χ4v) is 2.06. The number of allylic oxidation sites excluding steroid dienone is 4. The molecule has 0 saturated carbocycles. The zero-order valence-corrected chi connectivity index (χ0v) is 12.7. The molecule has 0 fully saturated rings. The van der Waals surface area contributed by atoms with Gasteiger partial charge in [0.2, 0.25) is 6.41 Å². The first-order chi connectivity index (χ1) is 10.8. The molecule has 0 aliphatic rings. The van der Waals surface area contributed by atoms with Crippen molar-refractivity contribution in [2.75, 3.05) is 5.32 Å². The van der Waals surface area contributed by atoms with E-state index in [2.05, 4.69) is 34.4 Å². The number of aromatic nitrogens is 3. The Kier molecular flexibility index (Phi) is 5.54. The van der Waals surface area contributed by atoms with Crippen LogP contribution in [0.15, 0.2) is 55.3 Å². The standard InChI is InChI=1S/C17H18N4O/c1-3-5-7-14(4-2)15-10-18-12-21(11-15)16-8-6-9-19-17(16)20-13-22/h4-13H,3H2,1-2H3/p+1. The number of nitrogens with one attached hydrogen (secondary N) is 1. The van der Waals surface area contributed by atoms with Crippen LogP contribution in [0.3, 0.4) is 0 Å². The molecular formula is C17H19N4O+. The average Bonchev–Trinajstić information content (AvgIpc) is 2.57. The van der Waals surface area contributed by atoms with Gasteiger partial charge in [-0.2, -0.15) is 4.57 Å². The van der Waals surface area contributed by atoms with E-state index in [4.69, 9.17) is 0 Å². The molecule has 0 spiro atoms. The number of hydrogen-bond acceptors (Lipinski definition) is 3. The van der Waals surface area contributed by atoms with E-state index < -0.39 is 0 Å². The highest BCUT2D eigenvalue weighted by atomic mass is 16.1. The fourth-order valence-electron chi connectivity index (χ4n) is 2.06. The molecule has 22 heavy (non-hydrogen) atoms. The summed E-state index contributed by atoms with van der Waals surface area (Å²) in [5.41, 5.74) is 2.85. The molecule has 0 atom stereocenters. The Morgan fingerprint density at radius 3 is 3.05 bits per heavy atom. The Morgan fingerprint density at radius 2 is 2.32 bits per heavy atom. The van der Waals surface area contributed by atoms with Gasteiger partial charge in [-0.25, -0.2) is 4.98 Å². The van der Waals surface area contributed by atoms with Crippen molar-refractivity contribution in [3.05, 3.63) is 60.8 Å². The number of hydrogen-bond donors (Lipinski definition) is 1. The maximum atomic E-state index is 10.7. The second kappa shape index (κ2) is 7.83. The topological polar surface area (TPSA) is 58.8 Å². The Bertz CT molecular complexity index is 707. The molecular weight excluding hydrogens is 276 g/mol. The van der Waals surface area contributed by atoms with E-state index in [0.29, 0.717) is 12.2 Å². The van der Waals surface area contributed by atoms with Crippen molar-refractivity contribution < 1.29 is 9.36 Å². The summed E-state index contributed by atoms with van der Waals surface area (Å²) >= 11 is 0. The second-order valence-electron chi connectivity index (χ2n) is 4.57. The Hall–Kier alpha value is -2.82. The van der Waals surface area contributed by atoms with E-state index >= 15 is 0 Å². The van der Waals surface area contributed by atoms with E-state index in [0.717, 1.165) is 23.2 Å². The molecule has 0 aromatic carbocycles. The molecule has 0 saturated heterocycles. The molecule has 2 aromatic heterocycles. The molecule has 1 N–H and O–H groups in total. The first-order valence-corrected chi connectivity index (χ1v) is 7.15. The lowest BCUT2D eigenvalue weighted by molar-refractivity contribution is -0.598. The summed E-state index contributed by atoms with van der Waals surface area (Å²) < 4.78 is 1.84. The molecule has 5 heteroatoms. The summed E-state index contributed by atoms with van der Waals surface area (Å²) in [5, 5.41) is 2.60. The third-order valence-electron chi connectivity index (χ3n) is 3.12. The molecule has 5 nitrogen and oxygen atoms in total. The van der Waals surface area contributed by atoms with Crippen LogP contribution in [-0.4, -0.2) is 16.4 Å². The maximum Gasteiger partial charge on any atom is 0.291 e. The van der Waals surface area contributed by atoms with Crippen LogP contribution in [0.4, 0.5) is 5.82 Å². The molecule has 1 amide bonds. The van der Waals surface area contributed by atoms with E-state index in [-0.39, 0.29) is 0 Å². The lowest BCUT2D eigenvalue weighted by Gasteiger charge is -2.05. The van der Waals surface area contributed by atoms with Crippen molar-refractivity contribution in [2.24, 2.45) is 0 Å². The highest BCUT2D eigenvalue weighted by Crippen LogP contribution is 2.15. The van der Waals surface area contributed by atoms with Gasteiger partial charge in [0, 0.05) is 6.20 Å². The largest absolute Gasteiger partial charge is 0.310 e. The van der Waals surface area contributed by atoms with Gasteiger partial charge in [-0.1, -0.05) is 30.1 Å². The van der Waals surface area contributed by atoms with E-state index in [1.165, 1.54) is 0 Å². The molecule has 0 aliphatic carbocycles. The number of anilines is 1. The van der Waals surface area contributed by atoms with Gasteiger partial charge in [0.25, 0.3) is 6.33 Å². The number of carbonyl (C=O) groups excluding carboxylic acids is 1. The predicted octanol–water partition coefficient (Wildman–Crippen LogP) is 2.69. The molecule has 2 rings (SSSR count). The SMILES string of the molecule is CC=C(C=CCC)c1cnc[n+](-c2cccnc2NC=O)c1. The van der Waals surface area contributed by atoms with Crippen LogP contribution < -0.4 is 9.88 Å². The number of nitrogens with zero attached hydrogens (tertiary/aromatic N) is 3. The Balaban J connectivity index is 2.45. The molecule has 2 aromatic rings. The summed E-state index contributed by atoms with van der Waals surface area (Å²) in [6.07, 6.45) is 14.9. The van der Waals surface area contributed by atoms with Gasteiger partial charge < -0.3 is 5.32 Å². The molecule has 0 bridgehead atoms. The quantitative estimate of drug-likeness (QED) is 0.506. The molecule has 0 unspecified atom stereocenters. The summed E-state index contributed by atoms with van der Waals surface area (Å²) in [4.78, 5) is 19.2. The molecule has 2 heterocycles. The highest BCUT2D eigenvalue weighted by molar-refractivity contribution is 5.73. The Labute approximate surface area is 130 Å². The van der Waals surface area contributed by atoms with Crippen LogP contribution in [0.1, 0.15) is 25.8 Å². The normalized spacial score (nSPS) is 11.6. The third kappa shape index (κ3) is 3.63. The van der Waals surface area contributed by atoms with Crippen molar-refractivity contribution in [3.63, 3.8) is 0 Å². The molecule has 112 valence electrons. The lowest BCUT2D eigenvalue weighted by Crippen LogP contribution is -2.32. The summed E-state index contributed by atoms with van der Waals surface area (Å²) in [5.74, 6) is 0.493. The summed E-state index contributed by atoms with van der Waals surface area (Å²) in [7, 11) is 0. The zero-order chi connectivity index (χ0) is 15.8. The number of pyridine rings is 1. The van der Waals surface area contributed by atoms with Crippen LogP contribution in [0.5, 0.6) is 0 Å². The van der Waals surface area contributed by atoms with Gasteiger partial charge in [-0.3, -0.25) is 4.79 Å². The minimum Gasteiger partial charge on any atom is -0.310 e. The van der Waals surface area contributed by atoms with Gasteiger partial charge in [0.05, 0.1) is 5.56 Å². The number of carbonyl (C=O) groups is 1. The van der Waals surface area contributed by atoms with Crippen LogP contribution in [0, 0.1) is 0 Å². The lowest BCUT2D eigenvalue weighted by atomic mass is 10.1. The van der Waals surface area contributed by atoms with E-state index in [1.54, 1.807) is 12.5 Å². The maximum absolute atomic E-state index is 10.7. The summed E-state index contributed by atoms with van der Waals surface area (Å²) in [6.45, 7) is 4.09. The smallest absolute Gasteiger partial charge is 0.291 e. The number of rotatable bonds is 6. The van der Waals surface area contributed by atoms with Gasteiger partial charge >= 0.3 is 0 Å². The van der Waals surface area contributed by atoms with Crippen LogP contribution >= 0.6 is 0 Å². The van der Waals surface area contributed by atoms with Crippen molar-refractivity contribution in [2.45, 2.75) is 20.3 Å². The van der Waals surface area contributed by atoms with Crippen LogP contribution in [0.2, 0.25) is 0 Å². The first-order valence-electron chi connectivity index (χ1n) is 7.15. The van der Waals surface area contributed by atoms with Crippen molar-refractivity contribution in [3.8, 4) is 5.69 Å². The van der Waals surface area contributed by atoms with Crippen LogP contribution in [-0.2, 0) is 4.79 Å². The second-order valence-corrected chi connectivity index (χ2v) is 4.57. The van der Waals surface area contributed by atoms with Crippen LogP contribution in [0.25, 0.3) is 11.3 Å². The van der Waals surface area contributed by atoms with Gasteiger partial charge in [-0.15, -0.1) is 0 Å². The van der Waals surface area contributed by atoms with Crippen molar-refractivity contribution in [1.29, 1.82) is 0 Å². The summed E-state index contributed by atoms with van der Waals surface area (Å²) in [6, 6.07) is 3.69. The van der Waals surface area contributed by atoms with E-state index in [9.17, 15) is 4.79 Å². The molecule has 0 aliphatic heterocycles. The van der Waals surface area contributed by atoms with Gasteiger partial charge in [0.15, 0.2) is 17.7 Å².